The molecular formula is C24H23NO4. The molecule has 3 aromatic rings. The van der Waals surface area contributed by atoms with E-state index in [1.54, 1.807) is 13.0 Å². The number of anilines is 1. The molecule has 5 heteroatoms. The summed E-state index contributed by atoms with van der Waals surface area (Å²) in [6.45, 7) is 3.14. The maximum Gasteiger partial charge on any atom is 0.347 e. The Kier molecular flexibility index (Phi) is 6.63. The fraction of sp³-hybridized carbons (Fsp3) is 0.167. The third-order valence-corrected chi connectivity index (χ3v) is 4.27. The molecule has 3 aromatic carbocycles. The van der Waals surface area contributed by atoms with Crippen LogP contribution in [0.4, 0.5) is 5.69 Å². The maximum absolute atomic E-state index is 12.3. The fourth-order valence-electron chi connectivity index (χ4n) is 2.84. The minimum Gasteiger partial charge on any atom is -0.479 e. The summed E-state index contributed by atoms with van der Waals surface area (Å²) >= 11 is 0. The Hall–Kier alpha value is -3.60. The van der Waals surface area contributed by atoms with Crippen molar-refractivity contribution in [3.05, 3.63) is 84.4 Å². The van der Waals surface area contributed by atoms with Crippen LogP contribution in [0.2, 0.25) is 0 Å². The van der Waals surface area contributed by atoms with Gasteiger partial charge >= 0.3 is 5.97 Å². The van der Waals surface area contributed by atoms with Crippen molar-refractivity contribution in [1.82, 2.24) is 0 Å². The molecule has 3 rings (SSSR count). The molecule has 1 amide bonds. The van der Waals surface area contributed by atoms with Crippen molar-refractivity contribution in [1.29, 1.82) is 0 Å². The Morgan fingerprint density at radius 1 is 0.931 bits per heavy atom. The van der Waals surface area contributed by atoms with Gasteiger partial charge in [-0.25, -0.2) is 4.79 Å². The molecule has 29 heavy (non-hydrogen) atoms. The molecule has 0 aliphatic carbocycles. The van der Waals surface area contributed by atoms with E-state index in [2.05, 4.69) is 5.32 Å². The molecule has 0 bridgehead atoms. The average Bonchev–Trinajstić information content (AvgIpc) is 2.73. The molecule has 0 fully saturated rings. The molecular weight excluding hydrogens is 366 g/mol. The molecule has 0 saturated carbocycles. The number of hydrogen-bond donors (Lipinski definition) is 1. The molecule has 0 aliphatic rings. The lowest BCUT2D eigenvalue weighted by Crippen LogP contribution is -2.29. The maximum atomic E-state index is 12.3. The van der Waals surface area contributed by atoms with Crippen molar-refractivity contribution < 1.29 is 19.1 Å². The summed E-state index contributed by atoms with van der Waals surface area (Å²) in [5, 5.41) is 2.80. The summed E-state index contributed by atoms with van der Waals surface area (Å²) in [7, 11) is 0. The normalized spacial score (nSPS) is 11.4. The van der Waals surface area contributed by atoms with Crippen molar-refractivity contribution in [3.8, 4) is 16.9 Å². The fourth-order valence-corrected chi connectivity index (χ4v) is 2.84. The van der Waals surface area contributed by atoms with Gasteiger partial charge in [0.25, 0.3) is 5.91 Å². The Morgan fingerprint density at radius 3 is 2.41 bits per heavy atom. The van der Waals surface area contributed by atoms with Gasteiger partial charge in [-0.3, -0.25) is 4.79 Å². The first kappa shape index (κ1) is 20.1. The molecule has 1 atom stereocenters. The van der Waals surface area contributed by atoms with E-state index in [1.807, 2.05) is 79.7 Å². The number of carbonyl (C=O) groups is 2. The first-order valence-corrected chi connectivity index (χ1v) is 9.37. The average molecular weight is 389 g/mol. The zero-order chi connectivity index (χ0) is 20.6. The van der Waals surface area contributed by atoms with Crippen molar-refractivity contribution in [2.45, 2.75) is 20.0 Å². The summed E-state index contributed by atoms with van der Waals surface area (Å²) in [4.78, 5) is 24.4. The Labute approximate surface area is 170 Å². The van der Waals surface area contributed by atoms with E-state index in [1.165, 1.54) is 0 Å². The Bertz CT molecular complexity index is 985. The third-order valence-electron chi connectivity index (χ3n) is 4.27. The van der Waals surface area contributed by atoms with Gasteiger partial charge in [0.05, 0.1) is 0 Å². The van der Waals surface area contributed by atoms with Gasteiger partial charge in [-0.2, -0.15) is 0 Å². The Balaban J connectivity index is 1.56. The SMILES string of the molecule is Cc1cccc(O[C@@H](C)C(=O)OCC(=O)Nc2ccccc2-c2ccccc2)c1. The van der Waals surface area contributed by atoms with Gasteiger partial charge in [0.15, 0.2) is 12.7 Å². The number of carbonyl (C=O) groups excluding carboxylic acids is 2. The second-order valence-electron chi connectivity index (χ2n) is 6.64. The molecule has 0 aliphatic heterocycles. The van der Waals surface area contributed by atoms with Gasteiger partial charge in [0, 0.05) is 11.3 Å². The van der Waals surface area contributed by atoms with E-state index in [0.717, 1.165) is 16.7 Å². The largest absolute Gasteiger partial charge is 0.479 e. The second-order valence-corrected chi connectivity index (χ2v) is 6.64. The predicted molar refractivity (Wildman–Crippen MR) is 113 cm³/mol. The van der Waals surface area contributed by atoms with Gasteiger partial charge in [0.1, 0.15) is 5.75 Å². The van der Waals surface area contributed by atoms with E-state index in [-0.39, 0.29) is 6.61 Å². The van der Waals surface area contributed by atoms with Gasteiger partial charge in [-0.1, -0.05) is 60.7 Å². The lowest BCUT2D eigenvalue weighted by atomic mass is 10.0. The summed E-state index contributed by atoms with van der Waals surface area (Å²) in [6.07, 6.45) is -0.818. The summed E-state index contributed by atoms with van der Waals surface area (Å²) in [5.74, 6) is -0.432. The van der Waals surface area contributed by atoms with E-state index in [4.69, 9.17) is 9.47 Å². The van der Waals surface area contributed by atoms with Gasteiger partial charge in [-0.05, 0) is 43.2 Å². The predicted octanol–water partition coefficient (Wildman–Crippen LogP) is 4.61. The van der Waals surface area contributed by atoms with Crippen LogP contribution in [0.25, 0.3) is 11.1 Å². The first-order valence-electron chi connectivity index (χ1n) is 9.37. The number of ether oxygens (including phenoxy) is 2. The van der Waals surface area contributed by atoms with Crippen molar-refractivity contribution in [2.75, 3.05) is 11.9 Å². The standard InChI is InChI=1S/C24H23NO4/c1-17-9-8-12-20(15-17)29-18(2)24(27)28-16-23(26)25-22-14-7-6-13-21(22)19-10-4-3-5-11-19/h3-15,18H,16H2,1-2H3,(H,25,26)/t18-/m0/s1. The lowest BCUT2D eigenvalue weighted by Gasteiger charge is -2.15. The van der Waals surface area contributed by atoms with E-state index >= 15 is 0 Å². The third kappa shape index (κ3) is 5.69. The summed E-state index contributed by atoms with van der Waals surface area (Å²) < 4.78 is 10.7. The highest BCUT2D eigenvalue weighted by Gasteiger charge is 2.18. The molecule has 0 spiro atoms. The number of rotatable bonds is 7. The zero-order valence-corrected chi connectivity index (χ0v) is 16.4. The van der Waals surface area contributed by atoms with Crippen molar-refractivity contribution in [3.63, 3.8) is 0 Å². The van der Waals surface area contributed by atoms with Crippen LogP contribution in [0.1, 0.15) is 12.5 Å². The first-order chi connectivity index (χ1) is 14.0. The molecule has 0 radical (unpaired) electrons. The number of aryl methyl sites for hydroxylation is 1. The molecule has 5 nitrogen and oxygen atoms in total. The molecule has 0 aromatic heterocycles. The molecule has 0 saturated heterocycles. The van der Waals surface area contributed by atoms with Crippen LogP contribution in [-0.4, -0.2) is 24.6 Å². The number of esters is 1. The molecule has 1 N–H and O–H groups in total. The lowest BCUT2D eigenvalue weighted by molar-refractivity contribution is -0.153. The second kappa shape index (κ2) is 9.55. The van der Waals surface area contributed by atoms with E-state index < -0.39 is 18.0 Å². The zero-order valence-electron chi connectivity index (χ0n) is 16.4. The highest BCUT2D eigenvalue weighted by atomic mass is 16.6. The minimum atomic E-state index is -0.818. The van der Waals surface area contributed by atoms with E-state index in [0.29, 0.717) is 11.4 Å². The quantitative estimate of drug-likeness (QED) is 0.599. The van der Waals surface area contributed by atoms with Crippen molar-refractivity contribution in [2.24, 2.45) is 0 Å². The highest BCUT2D eigenvalue weighted by molar-refractivity contribution is 5.97. The highest BCUT2D eigenvalue weighted by Crippen LogP contribution is 2.27. The Morgan fingerprint density at radius 2 is 1.66 bits per heavy atom. The molecule has 148 valence electrons. The van der Waals surface area contributed by atoms with Crippen molar-refractivity contribution >= 4 is 17.6 Å². The smallest absolute Gasteiger partial charge is 0.347 e. The van der Waals surface area contributed by atoms with Crippen LogP contribution >= 0.6 is 0 Å². The van der Waals surface area contributed by atoms with Crippen LogP contribution in [0.3, 0.4) is 0 Å². The van der Waals surface area contributed by atoms with Crippen LogP contribution in [0, 0.1) is 6.92 Å². The molecule has 0 heterocycles. The molecule has 0 unspecified atom stereocenters. The minimum absolute atomic E-state index is 0.385. The summed E-state index contributed by atoms with van der Waals surface area (Å²) in [5.41, 5.74) is 3.56. The van der Waals surface area contributed by atoms with Gasteiger partial charge < -0.3 is 14.8 Å². The van der Waals surface area contributed by atoms with Crippen LogP contribution in [-0.2, 0) is 14.3 Å². The monoisotopic (exact) mass is 389 g/mol. The number of benzene rings is 3. The summed E-state index contributed by atoms with van der Waals surface area (Å²) in [6, 6.07) is 24.6. The number of hydrogen-bond acceptors (Lipinski definition) is 4. The number of para-hydroxylation sites is 1. The number of nitrogens with one attached hydrogen (secondary N) is 1. The van der Waals surface area contributed by atoms with Gasteiger partial charge in [-0.15, -0.1) is 0 Å². The van der Waals surface area contributed by atoms with E-state index in [9.17, 15) is 9.59 Å². The van der Waals surface area contributed by atoms with Crippen LogP contribution in [0.15, 0.2) is 78.9 Å². The number of amides is 1. The van der Waals surface area contributed by atoms with Gasteiger partial charge in [0.2, 0.25) is 0 Å². The van der Waals surface area contributed by atoms with Crippen LogP contribution < -0.4 is 10.1 Å². The van der Waals surface area contributed by atoms with Crippen LogP contribution in [0.5, 0.6) is 5.75 Å². The topological polar surface area (TPSA) is 64.6 Å².